The molecule has 0 radical (unpaired) electrons. The monoisotopic (exact) mass is 505 g/mol. The normalized spacial score (nSPS) is 17.9. The fourth-order valence-corrected chi connectivity index (χ4v) is 5.17. The number of hydrogen-bond acceptors (Lipinski definition) is 4. The Morgan fingerprint density at radius 3 is 2.70 bits per heavy atom. The van der Waals surface area contributed by atoms with Gasteiger partial charge in [0.15, 0.2) is 11.5 Å². The van der Waals surface area contributed by atoms with Gasteiger partial charge >= 0.3 is 12.0 Å². The van der Waals surface area contributed by atoms with Crippen molar-refractivity contribution >= 4 is 28.6 Å². The van der Waals surface area contributed by atoms with Gasteiger partial charge in [-0.15, -0.1) is 0 Å². The van der Waals surface area contributed by atoms with Crippen LogP contribution in [0.2, 0.25) is 0 Å². The molecule has 1 atom stereocenters. The number of hydrogen-bond donors (Lipinski definition) is 1. The summed E-state index contributed by atoms with van der Waals surface area (Å²) in [7, 11) is 1.63. The summed E-state index contributed by atoms with van der Waals surface area (Å²) in [6, 6.07) is 13.5. The summed E-state index contributed by atoms with van der Waals surface area (Å²) in [6.45, 7) is 3.70. The van der Waals surface area contributed by atoms with Gasteiger partial charge < -0.3 is 24.0 Å². The van der Waals surface area contributed by atoms with Gasteiger partial charge in [-0.1, -0.05) is 25.0 Å². The molecule has 2 aromatic carbocycles. The summed E-state index contributed by atoms with van der Waals surface area (Å²) in [5.74, 6) is 1.32. The van der Waals surface area contributed by atoms with E-state index in [1.54, 1.807) is 17.9 Å². The van der Waals surface area contributed by atoms with Gasteiger partial charge in [-0.05, 0) is 61.9 Å². The van der Waals surface area contributed by atoms with Crippen molar-refractivity contribution in [1.82, 2.24) is 9.47 Å². The number of amides is 2. The molecule has 196 valence electrons. The van der Waals surface area contributed by atoms with Crippen molar-refractivity contribution in [3.63, 3.8) is 0 Å². The lowest BCUT2D eigenvalue weighted by molar-refractivity contribution is -0.137. The largest absolute Gasteiger partial charge is 0.493 e. The van der Waals surface area contributed by atoms with Gasteiger partial charge in [0, 0.05) is 48.0 Å². The van der Waals surface area contributed by atoms with Crippen LogP contribution in [0.3, 0.4) is 0 Å². The van der Waals surface area contributed by atoms with E-state index in [0.29, 0.717) is 31.2 Å². The molecule has 1 saturated heterocycles. The molecule has 2 aliphatic rings. The number of anilines is 1. The molecule has 2 fully saturated rings. The standard InChI is InChI=1S/C29H35N3O5/c1-20-12-15-31(23-10-11-26(36-2)27(17-23)37-16-4-5-21-8-9-21)29(35)32(20)18-22-6-3-7-25-24(22)13-14-30(25)19-28(33)34/h3,6-7,10-11,13-14,17,20-21H,4-5,8-9,12,15-16,18-19H2,1-2H3,(H,33,34)/t20-/m0/s1. The molecular weight excluding hydrogens is 470 g/mol. The molecule has 0 unspecified atom stereocenters. The minimum Gasteiger partial charge on any atom is -0.493 e. The fourth-order valence-electron chi connectivity index (χ4n) is 5.17. The average molecular weight is 506 g/mol. The van der Waals surface area contributed by atoms with Crippen molar-refractivity contribution in [2.75, 3.05) is 25.2 Å². The first kappa shape index (κ1) is 25.0. The van der Waals surface area contributed by atoms with Crippen LogP contribution in [-0.2, 0) is 17.9 Å². The van der Waals surface area contributed by atoms with E-state index in [9.17, 15) is 14.7 Å². The molecule has 0 spiro atoms. The highest BCUT2D eigenvalue weighted by Gasteiger charge is 2.32. The second-order valence-corrected chi connectivity index (χ2v) is 10.2. The number of benzene rings is 2. The Balaban J connectivity index is 1.34. The number of carboxylic acids is 1. The van der Waals surface area contributed by atoms with Gasteiger partial charge in [0.1, 0.15) is 6.54 Å². The molecule has 1 saturated carbocycles. The third-order valence-electron chi connectivity index (χ3n) is 7.50. The maximum atomic E-state index is 13.7. The Morgan fingerprint density at radius 2 is 1.95 bits per heavy atom. The molecule has 3 aromatic rings. The number of nitrogens with zero attached hydrogens (tertiary/aromatic N) is 3. The quantitative estimate of drug-likeness (QED) is 0.347. The molecule has 5 rings (SSSR count). The number of aliphatic carboxylic acids is 1. The van der Waals surface area contributed by atoms with E-state index in [1.807, 2.05) is 52.3 Å². The highest BCUT2D eigenvalue weighted by Crippen LogP contribution is 2.36. The Kier molecular flexibility index (Phi) is 7.26. The molecule has 2 heterocycles. The molecule has 1 N–H and O–H groups in total. The zero-order chi connectivity index (χ0) is 25.9. The van der Waals surface area contributed by atoms with Crippen LogP contribution in [0.5, 0.6) is 11.5 Å². The van der Waals surface area contributed by atoms with Gasteiger partial charge in [0.2, 0.25) is 0 Å². The van der Waals surface area contributed by atoms with Crippen molar-refractivity contribution in [1.29, 1.82) is 0 Å². The van der Waals surface area contributed by atoms with E-state index < -0.39 is 5.97 Å². The van der Waals surface area contributed by atoms with Crippen LogP contribution in [-0.4, -0.2) is 52.9 Å². The maximum absolute atomic E-state index is 13.7. The van der Waals surface area contributed by atoms with Crippen molar-refractivity contribution in [2.24, 2.45) is 5.92 Å². The zero-order valence-electron chi connectivity index (χ0n) is 21.6. The van der Waals surface area contributed by atoms with E-state index in [-0.39, 0.29) is 18.6 Å². The Morgan fingerprint density at radius 1 is 1.11 bits per heavy atom. The first-order chi connectivity index (χ1) is 17.9. The van der Waals surface area contributed by atoms with Crippen LogP contribution in [0.15, 0.2) is 48.7 Å². The van der Waals surface area contributed by atoms with Gasteiger partial charge in [0.25, 0.3) is 0 Å². The Bertz CT molecular complexity index is 1280. The summed E-state index contributed by atoms with van der Waals surface area (Å²) >= 11 is 0. The second-order valence-electron chi connectivity index (χ2n) is 10.2. The molecule has 8 nitrogen and oxygen atoms in total. The first-order valence-corrected chi connectivity index (χ1v) is 13.1. The topological polar surface area (TPSA) is 84.2 Å². The number of aromatic nitrogens is 1. The van der Waals surface area contributed by atoms with Gasteiger partial charge in [-0.25, -0.2) is 4.79 Å². The average Bonchev–Trinajstić information content (AvgIpc) is 3.63. The molecule has 1 aliphatic heterocycles. The van der Waals surface area contributed by atoms with Crippen LogP contribution in [0, 0.1) is 5.92 Å². The minimum atomic E-state index is -0.885. The van der Waals surface area contributed by atoms with Crippen molar-refractivity contribution in [2.45, 2.75) is 58.2 Å². The number of carbonyl (C=O) groups excluding carboxylic acids is 1. The van der Waals surface area contributed by atoms with Crippen LogP contribution in [0.1, 0.15) is 44.6 Å². The van der Waals surface area contributed by atoms with E-state index in [2.05, 4.69) is 6.92 Å². The number of ether oxygens (including phenoxy) is 2. The lowest BCUT2D eigenvalue weighted by Crippen LogP contribution is -2.53. The van der Waals surface area contributed by atoms with Gasteiger partial charge in [-0.2, -0.15) is 0 Å². The smallest absolute Gasteiger partial charge is 0.325 e. The molecule has 1 aromatic heterocycles. The zero-order valence-corrected chi connectivity index (χ0v) is 21.6. The van der Waals surface area contributed by atoms with E-state index in [1.165, 1.54) is 19.3 Å². The highest BCUT2D eigenvalue weighted by molar-refractivity contribution is 5.94. The summed E-state index contributed by atoms with van der Waals surface area (Å²) in [6.07, 6.45) is 7.53. The second kappa shape index (κ2) is 10.7. The summed E-state index contributed by atoms with van der Waals surface area (Å²) in [5, 5.41) is 10.2. The highest BCUT2D eigenvalue weighted by atomic mass is 16.5. The van der Waals surface area contributed by atoms with Crippen LogP contribution < -0.4 is 14.4 Å². The number of fused-ring (bicyclic) bond motifs is 1. The van der Waals surface area contributed by atoms with E-state index >= 15 is 0 Å². The minimum absolute atomic E-state index is 0.0504. The van der Waals surface area contributed by atoms with Crippen molar-refractivity contribution < 1.29 is 24.2 Å². The number of urea groups is 1. The molecular formula is C29H35N3O5. The van der Waals surface area contributed by atoms with Gasteiger partial charge in [-0.3, -0.25) is 9.69 Å². The predicted molar refractivity (Wildman–Crippen MR) is 142 cm³/mol. The number of methoxy groups -OCH3 is 1. The summed E-state index contributed by atoms with van der Waals surface area (Å²) in [5.41, 5.74) is 2.65. The maximum Gasteiger partial charge on any atom is 0.325 e. The van der Waals surface area contributed by atoms with Crippen molar-refractivity contribution in [3.8, 4) is 11.5 Å². The third-order valence-corrected chi connectivity index (χ3v) is 7.50. The number of carboxylic acid groups (broad SMARTS) is 1. The first-order valence-electron chi connectivity index (χ1n) is 13.1. The molecule has 0 bridgehead atoms. The molecule has 8 heteroatoms. The third kappa shape index (κ3) is 5.53. The SMILES string of the molecule is COc1ccc(N2CC[C@H](C)N(Cc3cccc4c3ccn4CC(=O)O)C2=O)cc1OCCCC1CC1. The predicted octanol–water partition coefficient (Wildman–Crippen LogP) is 5.52. The Labute approximate surface area is 217 Å². The Hall–Kier alpha value is -3.68. The van der Waals surface area contributed by atoms with Crippen LogP contribution in [0.4, 0.5) is 10.5 Å². The fraction of sp³-hybridized carbons (Fsp3) is 0.448. The number of rotatable bonds is 11. The van der Waals surface area contributed by atoms with Gasteiger partial charge in [0.05, 0.1) is 13.7 Å². The molecule has 1 aliphatic carbocycles. The summed E-state index contributed by atoms with van der Waals surface area (Å²) < 4.78 is 13.3. The lowest BCUT2D eigenvalue weighted by atomic mass is 10.1. The van der Waals surface area contributed by atoms with Crippen LogP contribution >= 0.6 is 0 Å². The van der Waals surface area contributed by atoms with Crippen molar-refractivity contribution in [3.05, 3.63) is 54.2 Å². The molecule has 2 amide bonds. The lowest BCUT2D eigenvalue weighted by Gasteiger charge is -2.40. The molecule has 37 heavy (non-hydrogen) atoms. The van der Waals surface area contributed by atoms with E-state index in [4.69, 9.17) is 9.47 Å². The summed E-state index contributed by atoms with van der Waals surface area (Å²) in [4.78, 5) is 28.7. The number of carbonyl (C=O) groups is 2. The van der Waals surface area contributed by atoms with Crippen LogP contribution in [0.25, 0.3) is 10.9 Å². The van der Waals surface area contributed by atoms with E-state index in [0.717, 1.165) is 40.9 Å².